The van der Waals surface area contributed by atoms with Gasteiger partial charge < -0.3 is 4.90 Å². The fourth-order valence-corrected chi connectivity index (χ4v) is 3.20. The van der Waals surface area contributed by atoms with Crippen molar-refractivity contribution in [1.82, 2.24) is 9.78 Å². The normalized spacial score (nSPS) is 19.1. The minimum atomic E-state index is 0.294. The van der Waals surface area contributed by atoms with Crippen molar-refractivity contribution in [3.63, 3.8) is 0 Å². The Balaban J connectivity index is 1.75. The van der Waals surface area contributed by atoms with E-state index in [0.717, 1.165) is 18.7 Å². The van der Waals surface area contributed by atoms with Crippen LogP contribution in [0.5, 0.6) is 0 Å². The van der Waals surface area contributed by atoms with Crippen LogP contribution in [0.3, 0.4) is 0 Å². The summed E-state index contributed by atoms with van der Waals surface area (Å²) in [5.41, 5.74) is 3.76. The van der Waals surface area contributed by atoms with E-state index in [0.29, 0.717) is 17.0 Å². The van der Waals surface area contributed by atoms with Gasteiger partial charge in [-0.15, -0.1) is 0 Å². The van der Waals surface area contributed by atoms with Gasteiger partial charge >= 0.3 is 0 Å². The van der Waals surface area contributed by atoms with Crippen LogP contribution in [-0.4, -0.2) is 29.1 Å². The van der Waals surface area contributed by atoms with E-state index in [2.05, 4.69) is 49.1 Å². The van der Waals surface area contributed by atoms with Gasteiger partial charge in [0.2, 0.25) is 0 Å². The summed E-state index contributed by atoms with van der Waals surface area (Å²) in [6.07, 6.45) is 7.79. The fraction of sp³-hybridized carbons (Fsp3) is 0.444. The van der Waals surface area contributed by atoms with E-state index >= 15 is 0 Å². The highest BCUT2D eigenvalue weighted by atomic mass is 35.5. The minimum Gasteiger partial charge on any atom is -0.372 e. The summed E-state index contributed by atoms with van der Waals surface area (Å²) < 4.78 is 1.86. The SMILES string of the molecule is CC(/C=N/c1cccc2c1CCC(C)N2C)Cn1cc(Cl)cn1. The molecule has 1 aromatic heterocycles. The third-order valence-corrected chi connectivity index (χ3v) is 4.72. The van der Waals surface area contributed by atoms with Crippen molar-refractivity contribution in [2.45, 2.75) is 39.3 Å². The Hall–Kier alpha value is -1.81. The van der Waals surface area contributed by atoms with Crippen LogP contribution in [0.2, 0.25) is 5.02 Å². The van der Waals surface area contributed by atoms with Crippen LogP contribution in [0.4, 0.5) is 11.4 Å². The highest BCUT2D eigenvalue weighted by molar-refractivity contribution is 6.30. The van der Waals surface area contributed by atoms with Crippen molar-refractivity contribution >= 4 is 29.2 Å². The van der Waals surface area contributed by atoms with Gasteiger partial charge in [0.25, 0.3) is 0 Å². The molecular weight excluding hydrogens is 308 g/mol. The van der Waals surface area contributed by atoms with Gasteiger partial charge in [-0.2, -0.15) is 5.10 Å². The number of nitrogens with zero attached hydrogens (tertiary/aromatic N) is 4. The van der Waals surface area contributed by atoms with Gasteiger partial charge in [-0.25, -0.2) is 0 Å². The second kappa shape index (κ2) is 6.75. The molecule has 1 aromatic carbocycles. The second-order valence-electron chi connectivity index (χ2n) is 6.41. The Bertz CT molecular complexity index is 707. The molecule has 0 radical (unpaired) electrons. The van der Waals surface area contributed by atoms with Gasteiger partial charge in [0.1, 0.15) is 0 Å². The van der Waals surface area contributed by atoms with Crippen LogP contribution in [0.15, 0.2) is 35.6 Å². The molecule has 3 rings (SSSR count). The third-order valence-electron chi connectivity index (χ3n) is 4.52. The molecule has 2 aromatic rings. The zero-order chi connectivity index (χ0) is 16.4. The first-order valence-corrected chi connectivity index (χ1v) is 8.49. The van der Waals surface area contributed by atoms with E-state index in [-0.39, 0.29) is 0 Å². The number of hydrogen-bond acceptors (Lipinski definition) is 3. The maximum atomic E-state index is 5.90. The number of anilines is 1. The van der Waals surface area contributed by atoms with Gasteiger partial charge in [0.05, 0.1) is 16.9 Å². The van der Waals surface area contributed by atoms with Crippen LogP contribution in [-0.2, 0) is 13.0 Å². The van der Waals surface area contributed by atoms with Crippen LogP contribution in [0.1, 0.15) is 25.8 Å². The molecule has 1 aliphatic heterocycles. The molecule has 122 valence electrons. The van der Waals surface area contributed by atoms with Gasteiger partial charge in [0, 0.05) is 49.2 Å². The zero-order valence-electron chi connectivity index (χ0n) is 13.9. The number of aromatic nitrogens is 2. The smallest absolute Gasteiger partial charge is 0.0785 e. The lowest BCUT2D eigenvalue weighted by atomic mass is 9.96. The minimum absolute atomic E-state index is 0.294. The highest BCUT2D eigenvalue weighted by Crippen LogP contribution is 2.35. The van der Waals surface area contributed by atoms with E-state index in [1.54, 1.807) is 6.20 Å². The molecule has 0 fully saturated rings. The van der Waals surface area contributed by atoms with Crippen molar-refractivity contribution in [1.29, 1.82) is 0 Å². The van der Waals surface area contributed by atoms with Crippen molar-refractivity contribution in [2.75, 3.05) is 11.9 Å². The largest absolute Gasteiger partial charge is 0.372 e. The van der Waals surface area contributed by atoms with Crippen molar-refractivity contribution in [2.24, 2.45) is 10.9 Å². The topological polar surface area (TPSA) is 33.4 Å². The first-order valence-electron chi connectivity index (χ1n) is 8.11. The maximum absolute atomic E-state index is 5.90. The van der Waals surface area contributed by atoms with E-state index < -0.39 is 0 Å². The molecule has 5 heteroatoms. The van der Waals surface area contributed by atoms with Crippen molar-refractivity contribution in [3.05, 3.63) is 41.2 Å². The molecule has 2 atom stereocenters. The van der Waals surface area contributed by atoms with Crippen molar-refractivity contribution < 1.29 is 0 Å². The first-order chi connectivity index (χ1) is 11.0. The standard InChI is InChI=1S/C18H23ClN4/c1-13(11-23-12-15(19)10-21-23)9-20-17-5-4-6-18-16(17)8-7-14(2)22(18)3/h4-6,9-10,12-14H,7-8,11H2,1-3H3/b20-9+. The third kappa shape index (κ3) is 3.58. The summed E-state index contributed by atoms with van der Waals surface area (Å²) in [4.78, 5) is 7.11. The zero-order valence-corrected chi connectivity index (χ0v) is 14.7. The van der Waals surface area contributed by atoms with E-state index in [1.807, 2.05) is 17.1 Å². The van der Waals surface area contributed by atoms with Crippen LogP contribution < -0.4 is 4.90 Å². The molecule has 0 spiro atoms. The van der Waals surface area contributed by atoms with Crippen LogP contribution in [0, 0.1) is 5.92 Å². The molecule has 23 heavy (non-hydrogen) atoms. The molecule has 0 amide bonds. The molecule has 0 N–H and O–H groups in total. The van der Waals surface area contributed by atoms with Gasteiger partial charge in [-0.05, 0) is 31.9 Å². The number of benzene rings is 1. The number of hydrogen-bond donors (Lipinski definition) is 0. The summed E-state index contributed by atoms with van der Waals surface area (Å²) >= 11 is 5.90. The van der Waals surface area contributed by atoms with Crippen molar-refractivity contribution in [3.8, 4) is 0 Å². The summed E-state index contributed by atoms with van der Waals surface area (Å²) in [5, 5.41) is 4.89. The summed E-state index contributed by atoms with van der Waals surface area (Å²) in [6.45, 7) is 5.20. The summed E-state index contributed by atoms with van der Waals surface area (Å²) in [5.74, 6) is 0.294. The quantitative estimate of drug-likeness (QED) is 0.781. The second-order valence-corrected chi connectivity index (χ2v) is 6.85. The fourth-order valence-electron chi connectivity index (χ4n) is 3.04. The van der Waals surface area contributed by atoms with Gasteiger partial charge in [0.15, 0.2) is 0 Å². The average Bonchev–Trinajstić information content (AvgIpc) is 2.94. The highest BCUT2D eigenvalue weighted by Gasteiger charge is 2.21. The monoisotopic (exact) mass is 330 g/mol. The number of fused-ring (bicyclic) bond motifs is 1. The molecule has 0 saturated heterocycles. The Kier molecular flexibility index (Phi) is 4.71. The Morgan fingerprint density at radius 2 is 2.30 bits per heavy atom. The molecule has 0 aliphatic carbocycles. The summed E-state index contributed by atoms with van der Waals surface area (Å²) in [7, 11) is 2.17. The number of halogens is 1. The lowest BCUT2D eigenvalue weighted by molar-refractivity contribution is 0.547. The number of rotatable bonds is 4. The van der Waals surface area contributed by atoms with Crippen LogP contribution >= 0.6 is 11.6 Å². The Labute approximate surface area is 142 Å². The molecule has 1 aliphatic rings. The number of aliphatic imine (C=N–C) groups is 1. The van der Waals surface area contributed by atoms with E-state index in [1.165, 1.54) is 17.7 Å². The molecular formula is C18H23ClN4. The molecule has 0 saturated carbocycles. The molecule has 2 unspecified atom stereocenters. The van der Waals surface area contributed by atoms with Crippen LogP contribution in [0.25, 0.3) is 0 Å². The van der Waals surface area contributed by atoms with E-state index in [4.69, 9.17) is 16.6 Å². The molecule has 2 heterocycles. The maximum Gasteiger partial charge on any atom is 0.0785 e. The molecule has 0 bridgehead atoms. The predicted molar refractivity (Wildman–Crippen MR) is 97.2 cm³/mol. The van der Waals surface area contributed by atoms with Gasteiger partial charge in [-0.3, -0.25) is 9.67 Å². The average molecular weight is 331 g/mol. The summed E-state index contributed by atoms with van der Waals surface area (Å²) in [6, 6.07) is 6.98. The van der Waals surface area contributed by atoms with E-state index in [9.17, 15) is 0 Å². The first kappa shape index (κ1) is 16.1. The predicted octanol–water partition coefficient (Wildman–Crippen LogP) is 4.35. The van der Waals surface area contributed by atoms with Gasteiger partial charge in [-0.1, -0.05) is 24.6 Å². The molecule has 4 nitrogen and oxygen atoms in total. The Morgan fingerprint density at radius 3 is 3.04 bits per heavy atom. The lowest BCUT2D eigenvalue weighted by Gasteiger charge is -2.34. The Morgan fingerprint density at radius 1 is 1.48 bits per heavy atom. The lowest BCUT2D eigenvalue weighted by Crippen LogP contribution is -2.33.